The molecule has 0 unspecified atom stereocenters. The van der Waals surface area contributed by atoms with Gasteiger partial charge < -0.3 is 19.1 Å². The predicted molar refractivity (Wildman–Crippen MR) is 114 cm³/mol. The highest BCUT2D eigenvalue weighted by Gasteiger charge is 2.27. The first-order valence-electron chi connectivity index (χ1n) is 10.6. The van der Waals surface area contributed by atoms with Gasteiger partial charge in [0.05, 0.1) is 26.3 Å². The number of imidazole rings is 1. The smallest absolute Gasteiger partial charge is 0.332 e. The lowest BCUT2D eigenvalue weighted by atomic mass is 10.2. The number of anilines is 2. The van der Waals surface area contributed by atoms with Crippen LogP contribution in [0.2, 0.25) is 0 Å². The average Bonchev–Trinajstić information content (AvgIpc) is 3.19. The molecule has 0 aliphatic carbocycles. The van der Waals surface area contributed by atoms with E-state index in [9.17, 15) is 9.59 Å². The first-order chi connectivity index (χ1) is 14.6. The van der Waals surface area contributed by atoms with Crippen molar-refractivity contribution in [3.8, 4) is 0 Å². The summed E-state index contributed by atoms with van der Waals surface area (Å²) < 4.78 is 10.3. The van der Waals surface area contributed by atoms with Crippen LogP contribution in [0, 0.1) is 0 Å². The molecule has 2 aromatic heterocycles. The van der Waals surface area contributed by atoms with Gasteiger partial charge in [-0.3, -0.25) is 13.9 Å². The lowest BCUT2D eigenvalue weighted by Crippen LogP contribution is -3.14. The Morgan fingerprint density at radius 2 is 1.87 bits per heavy atom. The molecule has 5 rings (SSSR count). The number of morpholine rings is 1. The predicted octanol–water partition coefficient (Wildman–Crippen LogP) is -0.646. The summed E-state index contributed by atoms with van der Waals surface area (Å²) in [5, 5.41) is 0. The fraction of sp³-hybridized carbons (Fsp3) is 0.476. The monoisotopic (exact) mass is 411 g/mol. The Morgan fingerprint density at radius 3 is 2.63 bits per heavy atom. The molecule has 0 amide bonds. The number of aromatic nitrogens is 4. The number of aryl methyl sites for hydroxylation is 2. The molecule has 0 spiro atoms. The fourth-order valence-electron chi connectivity index (χ4n) is 4.49. The average molecular weight is 411 g/mol. The Hall–Kier alpha value is -2.91. The molecule has 0 saturated carbocycles. The molecule has 30 heavy (non-hydrogen) atoms. The number of benzene rings is 1. The fourth-order valence-corrected chi connectivity index (χ4v) is 4.49. The van der Waals surface area contributed by atoms with E-state index in [4.69, 9.17) is 9.72 Å². The van der Waals surface area contributed by atoms with E-state index in [0.717, 1.165) is 64.0 Å². The van der Waals surface area contributed by atoms with E-state index in [1.165, 1.54) is 14.0 Å². The second kappa shape index (κ2) is 7.73. The molecule has 2 aliphatic rings. The summed E-state index contributed by atoms with van der Waals surface area (Å²) in [5.74, 6) is 0.728. The first-order valence-corrected chi connectivity index (χ1v) is 10.6. The lowest BCUT2D eigenvalue weighted by Gasteiger charge is -2.29. The van der Waals surface area contributed by atoms with Crippen molar-refractivity contribution in [3.05, 3.63) is 51.2 Å². The van der Waals surface area contributed by atoms with Gasteiger partial charge in [0.15, 0.2) is 11.2 Å². The van der Waals surface area contributed by atoms with Gasteiger partial charge in [-0.1, -0.05) is 18.2 Å². The Morgan fingerprint density at radius 1 is 1.10 bits per heavy atom. The minimum Gasteiger partial charge on any atom is -0.370 e. The summed E-state index contributed by atoms with van der Waals surface area (Å²) >= 11 is 0. The van der Waals surface area contributed by atoms with Crippen molar-refractivity contribution in [1.82, 2.24) is 18.7 Å². The SMILES string of the molecule is Cn1c(=O)n(CC[NH+]2CCOCC2)c(=O)c2c1nc1n2CCCN1c1ccccc1. The minimum atomic E-state index is -0.304. The molecule has 0 bridgehead atoms. The number of rotatable bonds is 4. The number of para-hydroxylation sites is 1. The molecule has 9 heteroatoms. The standard InChI is InChI=1S/C21H26N6O3/c1-23-18-17(19(28)27(21(23)29)11-10-24-12-14-30-15-13-24)26-9-5-8-25(20(26)22-18)16-6-3-2-4-7-16/h2-4,6-7H,5,8-15H2,1H3/p+1. The van der Waals surface area contributed by atoms with Crippen molar-refractivity contribution < 1.29 is 9.64 Å². The number of nitrogens with one attached hydrogen (secondary N) is 1. The zero-order valence-electron chi connectivity index (χ0n) is 17.2. The molecule has 1 aromatic carbocycles. The van der Waals surface area contributed by atoms with Gasteiger partial charge in [0, 0.05) is 25.8 Å². The zero-order valence-corrected chi connectivity index (χ0v) is 17.2. The molecule has 2 aliphatic heterocycles. The summed E-state index contributed by atoms with van der Waals surface area (Å²) in [6.07, 6.45) is 0.910. The summed E-state index contributed by atoms with van der Waals surface area (Å²) in [6, 6.07) is 10.0. The highest BCUT2D eigenvalue weighted by Crippen LogP contribution is 2.30. The van der Waals surface area contributed by atoms with Gasteiger partial charge in [-0.25, -0.2) is 4.79 Å². The van der Waals surface area contributed by atoms with Crippen LogP contribution in [-0.2, 0) is 24.9 Å². The van der Waals surface area contributed by atoms with E-state index in [1.54, 1.807) is 7.05 Å². The number of hydrogen-bond donors (Lipinski definition) is 1. The Labute approximate surface area is 173 Å². The summed E-state index contributed by atoms with van der Waals surface area (Å²) in [6.45, 7) is 5.96. The van der Waals surface area contributed by atoms with Gasteiger partial charge in [-0.2, -0.15) is 4.98 Å². The van der Waals surface area contributed by atoms with Crippen molar-refractivity contribution in [2.24, 2.45) is 7.05 Å². The molecule has 1 N–H and O–H groups in total. The molecule has 3 aromatic rings. The first kappa shape index (κ1) is 19.1. The van der Waals surface area contributed by atoms with Gasteiger partial charge in [0.25, 0.3) is 5.56 Å². The minimum absolute atomic E-state index is 0.241. The second-order valence-corrected chi connectivity index (χ2v) is 7.99. The summed E-state index contributed by atoms with van der Waals surface area (Å²) in [4.78, 5) is 34.6. The number of nitrogens with zero attached hydrogens (tertiary/aromatic N) is 5. The third kappa shape index (κ3) is 3.14. The molecule has 4 heterocycles. The van der Waals surface area contributed by atoms with Crippen molar-refractivity contribution in [2.45, 2.75) is 19.5 Å². The van der Waals surface area contributed by atoms with Gasteiger partial charge >= 0.3 is 5.69 Å². The molecular weight excluding hydrogens is 384 g/mol. The van der Waals surface area contributed by atoms with Crippen LogP contribution in [0.4, 0.5) is 11.6 Å². The third-order valence-corrected chi connectivity index (χ3v) is 6.17. The van der Waals surface area contributed by atoms with Crippen molar-refractivity contribution in [1.29, 1.82) is 0 Å². The van der Waals surface area contributed by atoms with Gasteiger partial charge in [-0.05, 0) is 18.6 Å². The van der Waals surface area contributed by atoms with Crippen LogP contribution in [0.25, 0.3) is 11.2 Å². The molecule has 1 fully saturated rings. The second-order valence-electron chi connectivity index (χ2n) is 7.99. The van der Waals surface area contributed by atoms with E-state index < -0.39 is 0 Å². The van der Waals surface area contributed by atoms with Crippen LogP contribution in [0.5, 0.6) is 0 Å². The maximum Gasteiger partial charge on any atom is 0.332 e. The number of quaternary nitrogens is 1. The van der Waals surface area contributed by atoms with E-state index in [-0.39, 0.29) is 11.2 Å². The van der Waals surface area contributed by atoms with E-state index >= 15 is 0 Å². The summed E-state index contributed by atoms with van der Waals surface area (Å²) in [5.41, 5.74) is 1.47. The van der Waals surface area contributed by atoms with Gasteiger partial charge in [0.1, 0.15) is 13.1 Å². The normalized spacial score (nSPS) is 17.4. The third-order valence-electron chi connectivity index (χ3n) is 6.17. The highest BCUT2D eigenvalue weighted by molar-refractivity contribution is 5.77. The Kier molecular flexibility index (Phi) is 4.92. The van der Waals surface area contributed by atoms with E-state index in [1.807, 2.05) is 34.9 Å². The largest absolute Gasteiger partial charge is 0.370 e. The molecule has 158 valence electrons. The van der Waals surface area contributed by atoms with Crippen LogP contribution in [-0.4, -0.2) is 58.1 Å². The van der Waals surface area contributed by atoms with Gasteiger partial charge in [0.2, 0.25) is 5.95 Å². The Bertz CT molecular complexity index is 1170. The molecule has 0 radical (unpaired) electrons. The topological polar surface area (TPSA) is 78.7 Å². The number of fused-ring (bicyclic) bond motifs is 3. The van der Waals surface area contributed by atoms with Crippen molar-refractivity contribution in [2.75, 3.05) is 44.3 Å². The maximum atomic E-state index is 13.4. The van der Waals surface area contributed by atoms with Crippen LogP contribution in [0.3, 0.4) is 0 Å². The van der Waals surface area contributed by atoms with Crippen LogP contribution < -0.4 is 21.0 Å². The van der Waals surface area contributed by atoms with E-state index in [0.29, 0.717) is 17.7 Å². The molecule has 1 saturated heterocycles. The Balaban J connectivity index is 1.58. The quantitative estimate of drug-likeness (QED) is 0.618. The van der Waals surface area contributed by atoms with Crippen molar-refractivity contribution in [3.63, 3.8) is 0 Å². The van der Waals surface area contributed by atoms with Gasteiger partial charge in [-0.15, -0.1) is 0 Å². The highest BCUT2D eigenvalue weighted by atomic mass is 16.5. The lowest BCUT2D eigenvalue weighted by molar-refractivity contribution is -0.908. The molecular formula is C21H27N6O3+. The molecule has 0 atom stereocenters. The number of ether oxygens (including phenoxy) is 1. The van der Waals surface area contributed by atoms with Crippen LogP contribution >= 0.6 is 0 Å². The number of hydrogen-bond acceptors (Lipinski definition) is 5. The molecule has 9 nitrogen and oxygen atoms in total. The summed E-state index contributed by atoms with van der Waals surface area (Å²) in [7, 11) is 1.70. The van der Waals surface area contributed by atoms with Crippen molar-refractivity contribution >= 4 is 22.8 Å². The van der Waals surface area contributed by atoms with Crippen LogP contribution in [0.15, 0.2) is 39.9 Å². The van der Waals surface area contributed by atoms with Crippen LogP contribution in [0.1, 0.15) is 6.42 Å². The maximum absolute atomic E-state index is 13.4. The van der Waals surface area contributed by atoms with E-state index in [2.05, 4.69) is 4.90 Å². The zero-order chi connectivity index (χ0) is 20.7.